The number of hydrogen-bond acceptors (Lipinski definition) is 7. The summed E-state index contributed by atoms with van der Waals surface area (Å²) < 4.78 is 10.5. The number of anilines is 1. The molecule has 0 unspecified atom stereocenters. The molecule has 2 fully saturated rings. The molecule has 0 radical (unpaired) electrons. The number of methoxy groups -OCH3 is 1. The van der Waals surface area contributed by atoms with Crippen molar-refractivity contribution in [2.24, 2.45) is 5.92 Å². The molecule has 0 atom stereocenters. The number of nitrogens with zero attached hydrogens (tertiary/aromatic N) is 5. The second-order valence-electron chi connectivity index (χ2n) is 8.25. The summed E-state index contributed by atoms with van der Waals surface area (Å²) in [5.74, 6) is 1.79. The van der Waals surface area contributed by atoms with Gasteiger partial charge in [-0.3, -0.25) is 4.79 Å². The minimum atomic E-state index is -0.296. The van der Waals surface area contributed by atoms with Crippen molar-refractivity contribution in [3.63, 3.8) is 0 Å². The van der Waals surface area contributed by atoms with Gasteiger partial charge in [0.05, 0.1) is 19.4 Å². The van der Waals surface area contributed by atoms with Crippen LogP contribution in [0.15, 0.2) is 36.4 Å². The van der Waals surface area contributed by atoms with Crippen molar-refractivity contribution in [2.75, 3.05) is 57.9 Å². The molecule has 1 aromatic heterocycles. The van der Waals surface area contributed by atoms with Crippen LogP contribution in [0.5, 0.6) is 5.75 Å². The average molecular weight is 454 g/mol. The fraction of sp³-hybridized carbons (Fsp3) is 0.500. The van der Waals surface area contributed by atoms with Crippen molar-refractivity contribution in [3.8, 4) is 17.0 Å². The SMILES string of the molecule is CCOC(=O)N1CCN(C(=O)C2CCN(c3ccc(-c4ccccc4OC)nn3)CC2)CC1. The molecule has 9 heteroatoms. The number of amides is 2. The Morgan fingerprint density at radius 1 is 0.939 bits per heavy atom. The van der Waals surface area contributed by atoms with Crippen molar-refractivity contribution in [3.05, 3.63) is 36.4 Å². The molecule has 1 aromatic carbocycles. The first-order valence-electron chi connectivity index (χ1n) is 11.5. The fourth-order valence-electron chi connectivity index (χ4n) is 4.43. The van der Waals surface area contributed by atoms with Crippen LogP contribution >= 0.6 is 0 Å². The number of rotatable bonds is 5. The quantitative estimate of drug-likeness (QED) is 0.688. The Morgan fingerprint density at radius 3 is 2.27 bits per heavy atom. The first kappa shape index (κ1) is 22.8. The van der Waals surface area contributed by atoms with Crippen molar-refractivity contribution in [2.45, 2.75) is 19.8 Å². The normalized spacial score (nSPS) is 17.1. The molecule has 0 spiro atoms. The van der Waals surface area contributed by atoms with Crippen LogP contribution in [0.3, 0.4) is 0 Å². The Balaban J connectivity index is 1.29. The number of ether oxygens (including phenoxy) is 2. The number of carbonyl (C=O) groups excluding carboxylic acids is 2. The van der Waals surface area contributed by atoms with Gasteiger partial charge < -0.3 is 24.2 Å². The maximum Gasteiger partial charge on any atom is 0.409 e. The molecule has 176 valence electrons. The van der Waals surface area contributed by atoms with E-state index in [9.17, 15) is 9.59 Å². The molecule has 2 amide bonds. The highest BCUT2D eigenvalue weighted by molar-refractivity contribution is 5.79. The zero-order valence-electron chi connectivity index (χ0n) is 19.3. The predicted octanol–water partition coefficient (Wildman–Crippen LogP) is 2.67. The van der Waals surface area contributed by atoms with Crippen LogP contribution in [-0.4, -0.2) is 85.0 Å². The molecule has 33 heavy (non-hydrogen) atoms. The first-order chi connectivity index (χ1) is 16.1. The van der Waals surface area contributed by atoms with Gasteiger partial charge in [-0.1, -0.05) is 12.1 Å². The molecule has 2 saturated heterocycles. The first-order valence-corrected chi connectivity index (χ1v) is 11.5. The van der Waals surface area contributed by atoms with Crippen LogP contribution in [0, 0.1) is 5.92 Å². The van der Waals surface area contributed by atoms with E-state index in [1.54, 1.807) is 18.9 Å². The number of hydrogen-bond donors (Lipinski definition) is 0. The summed E-state index contributed by atoms with van der Waals surface area (Å²) in [7, 11) is 1.65. The molecular weight excluding hydrogens is 422 g/mol. The second kappa shape index (κ2) is 10.5. The van der Waals surface area contributed by atoms with Crippen molar-refractivity contribution < 1.29 is 19.1 Å². The molecule has 0 saturated carbocycles. The van der Waals surface area contributed by atoms with Crippen LogP contribution < -0.4 is 9.64 Å². The van der Waals surface area contributed by atoms with Crippen molar-refractivity contribution in [1.29, 1.82) is 0 Å². The molecule has 4 rings (SSSR count). The van der Waals surface area contributed by atoms with Crippen molar-refractivity contribution >= 4 is 17.8 Å². The van der Waals surface area contributed by atoms with Crippen LogP contribution in [0.25, 0.3) is 11.3 Å². The zero-order valence-corrected chi connectivity index (χ0v) is 19.3. The number of para-hydroxylation sites is 1. The van der Waals surface area contributed by atoms with Crippen molar-refractivity contribution in [1.82, 2.24) is 20.0 Å². The number of piperidine rings is 1. The Hall–Kier alpha value is -3.36. The molecule has 2 aromatic rings. The molecule has 9 nitrogen and oxygen atoms in total. The number of carbonyl (C=O) groups is 2. The van der Waals surface area contributed by atoms with Gasteiger partial charge in [0.15, 0.2) is 5.82 Å². The van der Waals surface area contributed by atoms with E-state index in [-0.39, 0.29) is 17.9 Å². The summed E-state index contributed by atoms with van der Waals surface area (Å²) in [6.45, 7) is 5.87. The molecular formula is C24H31N5O4. The third-order valence-corrected chi connectivity index (χ3v) is 6.32. The molecule has 0 N–H and O–H groups in total. The topological polar surface area (TPSA) is 88.1 Å². The number of aromatic nitrogens is 2. The van der Waals surface area contributed by atoms with Gasteiger partial charge in [-0.25, -0.2) is 4.79 Å². The predicted molar refractivity (Wildman–Crippen MR) is 124 cm³/mol. The maximum atomic E-state index is 13.0. The van der Waals surface area contributed by atoms with E-state index in [0.29, 0.717) is 32.8 Å². The molecule has 2 aliphatic rings. The van der Waals surface area contributed by atoms with E-state index in [2.05, 4.69) is 15.1 Å². The summed E-state index contributed by atoms with van der Waals surface area (Å²) >= 11 is 0. The van der Waals surface area contributed by atoms with Gasteiger partial charge >= 0.3 is 6.09 Å². The Morgan fingerprint density at radius 2 is 1.64 bits per heavy atom. The Labute approximate surface area is 194 Å². The van der Waals surface area contributed by atoms with E-state index in [1.165, 1.54) is 0 Å². The minimum absolute atomic E-state index is 0.0104. The standard InChI is InChI=1S/C24H31N5O4/c1-3-33-24(31)29-16-14-28(15-17-29)23(30)18-10-12-27(13-11-18)22-9-8-20(25-26-22)19-6-4-5-7-21(19)32-2/h4-9,18H,3,10-17H2,1-2H3. The lowest BCUT2D eigenvalue weighted by molar-refractivity contribution is -0.137. The second-order valence-corrected chi connectivity index (χ2v) is 8.25. The van der Waals surface area contributed by atoms with Gasteiger partial charge in [-0.15, -0.1) is 10.2 Å². The third-order valence-electron chi connectivity index (χ3n) is 6.32. The summed E-state index contributed by atoms with van der Waals surface area (Å²) in [6, 6.07) is 11.7. The highest BCUT2D eigenvalue weighted by atomic mass is 16.6. The van der Waals surface area contributed by atoms with E-state index in [0.717, 1.165) is 48.8 Å². The average Bonchev–Trinajstić information content (AvgIpc) is 2.88. The Kier molecular flexibility index (Phi) is 7.26. The summed E-state index contributed by atoms with van der Waals surface area (Å²) in [4.78, 5) is 30.6. The van der Waals surface area contributed by atoms with Gasteiger partial charge in [-0.05, 0) is 44.0 Å². The van der Waals surface area contributed by atoms with Gasteiger partial charge in [0, 0.05) is 50.7 Å². The zero-order chi connectivity index (χ0) is 23.2. The summed E-state index contributed by atoms with van der Waals surface area (Å²) in [6.07, 6.45) is 1.27. The van der Waals surface area contributed by atoms with E-state index in [1.807, 2.05) is 41.3 Å². The van der Waals surface area contributed by atoms with Crippen LogP contribution in [0.4, 0.5) is 10.6 Å². The van der Waals surface area contributed by atoms with Crippen LogP contribution in [0.1, 0.15) is 19.8 Å². The highest BCUT2D eigenvalue weighted by Crippen LogP contribution is 2.29. The van der Waals surface area contributed by atoms with Gasteiger partial charge in [0.1, 0.15) is 5.75 Å². The molecule has 0 bridgehead atoms. The Bertz CT molecular complexity index is 952. The van der Waals surface area contributed by atoms with Gasteiger partial charge in [0.2, 0.25) is 5.91 Å². The van der Waals surface area contributed by atoms with Gasteiger partial charge in [-0.2, -0.15) is 0 Å². The molecule has 2 aliphatic heterocycles. The number of benzene rings is 1. The largest absolute Gasteiger partial charge is 0.496 e. The third kappa shape index (κ3) is 5.18. The maximum absolute atomic E-state index is 13.0. The van der Waals surface area contributed by atoms with Gasteiger partial charge in [0.25, 0.3) is 0 Å². The van der Waals surface area contributed by atoms with E-state index in [4.69, 9.17) is 9.47 Å². The lowest BCUT2D eigenvalue weighted by atomic mass is 9.95. The fourth-order valence-corrected chi connectivity index (χ4v) is 4.43. The van der Waals surface area contributed by atoms with Crippen LogP contribution in [0.2, 0.25) is 0 Å². The van der Waals surface area contributed by atoms with E-state index < -0.39 is 0 Å². The smallest absolute Gasteiger partial charge is 0.409 e. The minimum Gasteiger partial charge on any atom is -0.496 e. The monoisotopic (exact) mass is 453 g/mol. The summed E-state index contributed by atoms with van der Waals surface area (Å²) in [5, 5.41) is 8.84. The van der Waals surface area contributed by atoms with Crippen LogP contribution in [-0.2, 0) is 9.53 Å². The molecule has 0 aliphatic carbocycles. The van der Waals surface area contributed by atoms with E-state index >= 15 is 0 Å². The number of piperazine rings is 1. The lowest BCUT2D eigenvalue weighted by Gasteiger charge is -2.38. The lowest BCUT2D eigenvalue weighted by Crippen LogP contribution is -2.53. The molecule has 3 heterocycles. The highest BCUT2D eigenvalue weighted by Gasteiger charge is 2.32. The summed E-state index contributed by atoms with van der Waals surface area (Å²) in [5.41, 5.74) is 1.68.